The average molecular weight is 476 g/mol. The highest BCUT2D eigenvalue weighted by Crippen LogP contribution is 2.36. The van der Waals surface area contributed by atoms with E-state index in [1.165, 1.54) is 18.9 Å². The van der Waals surface area contributed by atoms with Crippen LogP contribution in [0.5, 0.6) is 11.5 Å². The minimum absolute atomic E-state index is 0.0490. The van der Waals surface area contributed by atoms with Crippen molar-refractivity contribution in [3.8, 4) is 11.5 Å². The van der Waals surface area contributed by atoms with Crippen LogP contribution in [0.15, 0.2) is 48.5 Å². The molecular weight excluding hydrogens is 446 g/mol. The maximum atomic E-state index is 13.5. The molecule has 2 aromatic carbocycles. The van der Waals surface area contributed by atoms with Gasteiger partial charge in [0, 0.05) is 19.7 Å². The summed E-state index contributed by atoms with van der Waals surface area (Å²) >= 11 is 0. The maximum absolute atomic E-state index is 13.5. The van der Waals surface area contributed by atoms with Gasteiger partial charge in [0.2, 0.25) is 28.6 Å². The Labute approximate surface area is 194 Å². The van der Waals surface area contributed by atoms with E-state index in [1.54, 1.807) is 18.2 Å². The zero-order valence-corrected chi connectivity index (χ0v) is 19.8. The molecule has 0 spiro atoms. The van der Waals surface area contributed by atoms with Crippen molar-refractivity contribution in [1.82, 2.24) is 10.2 Å². The minimum Gasteiger partial charge on any atom is -0.454 e. The first kappa shape index (κ1) is 24.4. The van der Waals surface area contributed by atoms with E-state index in [2.05, 4.69) is 5.32 Å². The molecular formula is C23H29N3O6S. The van der Waals surface area contributed by atoms with E-state index < -0.39 is 28.5 Å². The van der Waals surface area contributed by atoms with Crippen LogP contribution in [-0.2, 0) is 26.2 Å². The van der Waals surface area contributed by atoms with Gasteiger partial charge in [-0.3, -0.25) is 13.9 Å². The first-order valence-corrected chi connectivity index (χ1v) is 12.4. The van der Waals surface area contributed by atoms with Crippen molar-refractivity contribution >= 4 is 27.5 Å². The molecule has 0 saturated heterocycles. The van der Waals surface area contributed by atoms with Crippen molar-refractivity contribution in [2.75, 3.05) is 30.4 Å². The highest BCUT2D eigenvalue weighted by Gasteiger charge is 2.32. The number of carbonyl (C=O) groups is 2. The second-order valence-corrected chi connectivity index (χ2v) is 9.67. The van der Waals surface area contributed by atoms with E-state index in [-0.39, 0.29) is 25.0 Å². The van der Waals surface area contributed by atoms with Crippen LogP contribution >= 0.6 is 0 Å². The van der Waals surface area contributed by atoms with Gasteiger partial charge in [-0.05, 0) is 31.0 Å². The first-order valence-electron chi connectivity index (χ1n) is 10.8. The van der Waals surface area contributed by atoms with Crippen LogP contribution in [0.3, 0.4) is 0 Å². The Morgan fingerprint density at radius 3 is 2.39 bits per heavy atom. The number of likely N-dealkylation sites (N-methyl/N-ethyl adjacent to an activating group) is 1. The summed E-state index contributed by atoms with van der Waals surface area (Å²) in [4.78, 5) is 27.5. The first-order chi connectivity index (χ1) is 15.8. The second kappa shape index (κ2) is 10.6. The molecule has 2 amide bonds. The van der Waals surface area contributed by atoms with Crippen molar-refractivity contribution in [3.05, 3.63) is 54.1 Å². The summed E-state index contributed by atoms with van der Waals surface area (Å²) in [6.07, 6.45) is 0.378. The van der Waals surface area contributed by atoms with Gasteiger partial charge in [-0.2, -0.15) is 0 Å². The van der Waals surface area contributed by atoms with Gasteiger partial charge in [0.25, 0.3) is 0 Å². The number of nitrogens with one attached hydrogen (secondary N) is 1. The average Bonchev–Trinajstić information content (AvgIpc) is 3.30. The fraction of sp³-hybridized carbons (Fsp3) is 0.391. The summed E-state index contributed by atoms with van der Waals surface area (Å²) in [5.74, 6) is -0.0664. The lowest BCUT2D eigenvalue weighted by Gasteiger charge is -2.32. The summed E-state index contributed by atoms with van der Waals surface area (Å²) in [5.41, 5.74) is 1.13. The SMILES string of the molecule is CC[C@H](C(=O)NC)N(Cc1ccccc1)C(=O)CN(c1ccc2c(c1)OCO2)S(=O)(=O)CC. The highest BCUT2D eigenvalue weighted by molar-refractivity contribution is 7.92. The van der Waals surface area contributed by atoms with Crippen LogP contribution in [0.2, 0.25) is 0 Å². The van der Waals surface area contributed by atoms with Crippen molar-refractivity contribution in [1.29, 1.82) is 0 Å². The lowest BCUT2D eigenvalue weighted by atomic mass is 10.1. The number of benzene rings is 2. The summed E-state index contributed by atoms with van der Waals surface area (Å²) < 4.78 is 37.6. The standard InChI is InChI=1S/C23H29N3O6S/c1-4-19(23(28)24-3)25(14-17-9-7-6-8-10-17)22(27)15-26(33(29,30)5-2)18-11-12-20-21(13-18)32-16-31-20/h6-13,19H,4-5,14-16H2,1-3H3,(H,24,28)/t19-/m1/s1. The number of sulfonamides is 1. The fourth-order valence-corrected chi connectivity index (χ4v) is 4.68. The molecule has 1 N–H and O–H groups in total. The molecule has 33 heavy (non-hydrogen) atoms. The topological polar surface area (TPSA) is 105 Å². The third-order valence-electron chi connectivity index (χ3n) is 5.45. The van der Waals surface area contributed by atoms with Crippen LogP contribution in [0.25, 0.3) is 0 Å². The lowest BCUT2D eigenvalue weighted by Crippen LogP contribution is -2.52. The Hall–Kier alpha value is -3.27. The van der Waals surface area contributed by atoms with Crippen molar-refractivity contribution < 1.29 is 27.5 Å². The Balaban J connectivity index is 1.96. The number of anilines is 1. The Morgan fingerprint density at radius 2 is 1.76 bits per heavy atom. The van der Waals surface area contributed by atoms with E-state index in [1.807, 2.05) is 37.3 Å². The molecule has 0 fully saturated rings. The van der Waals surface area contributed by atoms with Gasteiger partial charge in [-0.1, -0.05) is 37.3 Å². The molecule has 9 nitrogen and oxygen atoms in total. The molecule has 0 saturated carbocycles. The third-order valence-corrected chi connectivity index (χ3v) is 7.19. The number of nitrogens with zero attached hydrogens (tertiary/aromatic N) is 2. The van der Waals surface area contributed by atoms with Gasteiger partial charge in [-0.15, -0.1) is 0 Å². The van der Waals surface area contributed by atoms with E-state index in [0.717, 1.165) is 9.87 Å². The van der Waals surface area contributed by atoms with Gasteiger partial charge in [-0.25, -0.2) is 8.42 Å². The summed E-state index contributed by atoms with van der Waals surface area (Å²) in [7, 11) is -2.29. The second-order valence-electron chi connectivity index (χ2n) is 7.49. The number of hydrogen-bond acceptors (Lipinski definition) is 6. The zero-order valence-electron chi connectivity index (χ0n) is 19.0. The van der Waals surface area contributed by atoms with Crippen molar-refractivity contribution in [2.45, 2.75) is 32.9 Å². The Morgan fingerprint density at radius 1 is 1.06 bits per heavy atom. The predicted molar refractivity (Wildman–Crippen MR) is 125 cm³/mol. The van der Waals surface area contributed by atoms with E-state index >= 15 is 0 Å². The normalized spacial score (nSPS) is 13.3. The van der Waals surface area contributed by atoms with Crippen molar-refractivity contribution in [3.63, 3.8) is 0 Å². The van der Waals surface area contributed by atoms with E-state index in [4.69, 9.17) is 9.47 Å². The van der Waals surface area contributed by atoms with Crippen molar-refractivity contribution in [2.24, 2.45) is 0 Å². The molecule has 0 radical (unpaired) electrons. The number of fused-ring (bicyclic) bond motifs is 1. The molecule has 0 aliphatic carbocycles. The zero-order chi connectivity index (χ0) is 24.0. The molecule has 1 atom stereocenters. The molecule has 10 heteroatoms. The van der Waals surface area contributed by atoms with E-state index in [0.29, 0.717) is 23.6 Å². The molecule has 1 aliphatic heterocycles. The van der Waals surface area contributed by atoms with Gasteiger partial charge in [0.05, 0.1) is 11.4 Å². The van der Waals surface area contributed by atoms with Crippen LogP contribution in [0.1, 0.15) is 25.8 Å². The lowest BCUT2D eigenvalue weighted by molar-refractivity contribution is -0.140. The Kier molecular flexibility index (Phi) is 7.80. The number of amides is 2. The molecule has 178 valence electrons. The summed E-state index contributed by atoms with van der Waals surface area (Å²) in [6.45, 7) is 3.10. The van der Waals surface area contributed by atoms with E-state index in [9.17, 15) is 18.0 Å². The largest absolute Gasteiger partial charge is 0.454 e. The molecule has 1 aliphatic rings. The molecule has 0 bridgehead atoms. The third kappa shape index (κ3) is 5.57. The van der Waals surface area contributed by atoms with Gasteiger partial charge in [0.1, 0.15) is 12.6 Å². The fourth-order valence-electron chi connectivity index (χ4n) is 3.63. The summed E-state index contributed by atoms with van der Waals surface area (Å²) in [5, 5.41) is 2.60. The number of hydrogen-bond donors (Lipinski definition) is 1. The molecule has 0 unspecified atom stereocenters. The number of rotatable bonds is 10. The summed E-state index contributed by atoms with van der Waals surface area (Å²) in [6, 6.07) is 13.3. The van der Waals surface area contributed by atoms with Gasteiger partial charge in [0.15, 0.2) is 11.5 Å². The quantitative estimate of drug-likeness (QED) is 0.564. The molecule has 1 heterocycles. The smallest absolute Gasteiger partial charge is 0.244 e. The maximum Gasteiger partial charge on any atom is 0.244 e. The van der Waals surface area contributed by atoms with Gasteiger partial charge >= 0.3 is 0 Å². The Bertz CT molecular complexity index is 1090. The van der Waals surface area contributed by atoms with Crippen LogP contribution in [0, 0.1) is 0 Å². The number of ether oxygens (including phenoxy) is 2. The number of carbonyl (C=O) groups excluding carboxylic acids is 2. The molecule has 3 rings (SSSR count). The van der Waals surface area contributed by atoms with Crippen LogP contribution in [-0.4, -0.2) is 57.3 Å². The predicted octanol–water partition coefficient (Wildman–Crippen LogP) is 2.12. The van der Waals surface area contributed by atoms with Crippen LogP contribution < -0.4 is 19.1 Å². The monoisotopic (exact) mass is 475 g/mol. The highest BCUT2D eigenvalue weighted by atomic mass is 32.2. The molecule has 0 aromatic heterocycles. The molecule has 2 aromatic rings. The van der Waals surface area contributed by atoms with Gasteiger partial charge < -0.3 is 19.7 Å². The van der Waals surface area contributed by atoms with Crippen LogP contribution in [0.4, 0.5) is 5.69 Å². The minimum atomic E-state index is -3.80.